The molecule has 0 aliphatic carbocycles. The maximum Gasteiger partial charge on any atom is 0.272 e. The lowest BCUT2D eigenvalue weighted by Crippen LogP contribution is -2.51. The second-order valence-electron chi connectivity index (χ2n) is 10.1. The molecule has 0 radical (unpaired) electrons. The van der Waals surface area contributed by atoms with Crippen molar-refractivity contribution < 1.29 is 9.59 Å². The summed E-state index contributed by atoms with van der Waals surface area (Å²) in [7, 11) is 0. The van der Waals surface area contributed by atoms with Crippen molar-refractivity contribution in [3.63, 3.8) is 0 Å². The predicted octanol–water partition coefficient (Wildman–Crippen LogP) is 3.91. The van der Waals surface area contributed by atoms with Crippen LogP contribution in [0, 0.1) is 12.3 Å². The Kier molecular flexibility index (Phi) is 7.37. The fourth-order valence-corrected chi connectivity index (χ4v) is 6.09. The van der Waals surface area contributed by atoms with Crippen molar-refractivity contribution in [2.45, 2.75) is 51.6 Å². The number of hydrogen-bond acceptors (Lipinski definition) is 6. The monoisotopic (exact) mass is 530 g/mol. The normalized spacial score (nSPS) is 20.5. The van der Waals surface area contributed by atoms with Crippen molar-refractivity contribution in [1.29, 1.82) is 0 Å². The number of rotatable bonds is 5. The van der Waals surface area contributed by atoms with E-state index in [0.29, 0.717) is 47.2 Å². The first-order valence-electron chi connectivity index (χ1n) is 12.7. The fourth-order valence-electron chi connectivity index (χ4n) is 5.77. The number of carbonyl (C=O) groups is 2. The molecular weight excluding hydrogens is 499 g/mol. The van der Waals surface area contributed by atoms with Crippen LogP contribution in [0.4, 0.5) is 5.82 Å². The van der Waals surface area contributed by atoms with Gasteiger partial charge in [-0.2, -0.15) is 0 Å². The highest BCUT2D eigenvalue weighted by molar-refractivity contribution is 6.42. The molecule has 192 valence electrons. The maximum absolute atomic E-state index is 13.3. The third-order valence-electron chi connectivity index (χ3n) is 8.12. The Morgan fingerprint density at radius 3 is 2.53 bits per heavy atom. The Bertz CT molecular complexity index is 1140. The van der Waals surface area contributed by atoms with Crippen LogP contribution < -0.4 is 10.6 Å². The van der Waals surface area contributed by atoms with E-state index in [-0.39, 0.29) is 17.2 Å². The Labute approximate surface area is 221 Å². The largest absolute Gasteiger partial charge is 0.366 e. The highest BCUT2D eigenvalue weighted by Gasteiger charge is 2.45. The summed E-state index contributed by atoms with van der Waals surface area (Å²) in [4.78, 5) is 38.7. The van der Waals surface area contributed by atoms with Gasteiger partial charge in [-0.05, 0) is 69.8 Å². The molecule has 5 rings (SSSR count). The molecule has 8 nitrogen and oxygen atoms in total. The number of aromatic nitrogens is 2. The van der Waals surface area contributed by atoms with Crippen LogP contribution >= 0.6 is 23.2 Å². The van der Waals surface area contributed by atoms with E-state index in [2.05, 4.69) is 25.5 Å². The van der Waals surface area contributed by atoms with E-state index in [0.717, 1.165) is 62.9 Å². The van der Waals surface area contributed by atoms with Crippen LogP contribution in [0.2, 0.25) is 10.0 Å². The number of nitrogens with zero attached hydrogens (tertiary/aromatic N) is 4. The van der Waals surface area contributed by atoms with E-state index in [9.17, 15) is 9.59 Å². The van der Waals surface area contributed by atoms with Gasteiger partial charge in [0.15, 0.2) is 0 Å². The minimum atomic E-state index is -0.136. The molecule has 1 spiro atoms. The summed E-state index contributed by atoms with van der Waals surface area (Å²) >= 11 is 12.1. The quantitative estimate of drug-likeness (QED) is 0.608. The molecule has 1 aromatic carbocycles. The Balaban J connectivity index is 1.16. The zero-order chi connectivity index (χ0) is 25.3. The molecular formula is C26H32Cl2N6O2. The molecule has 2 amide bonds. The van der Waals surface area contributed by atoms with Gasteiger partial charge in [-0.15, -0.1) is 0 Å². The van der Waals surface area contributed by atoms with E-state index in [1.54, 1.807) is 6.07 Å². The van der Waals surface area contributed by atoms with Crippen LogP contribution in [0.15, 0.2) is 24.5 Å². The van der Waals surface area contributed by atoms with Gasteiger partial charge in [0.2, 0.25) is 5.91 Å². The SMILES string of the molecule is Cc1c(NCc2ccc(Cl)c(Cl)c2)ncnc1C(=O)N1CCC(N2CCC3(CCNC3=O)CC2)CC1. The molecule has 3 aliphatic heterocycles. The van der Waals surface area contributed by atoms with Gasteiger partial charge in [0.05, 0.1) is 15.5 Å². The van der Waals surface area contributed by atoms with Gasteiger partial charge in [0, 0.05) is 37.8 Å². The van der Waals surface area contributed by atoms with Gasteiger partial charge in [0.25, 0.3) is 5.91 Å². The van der Waals surface area contributed by atoms with Crippen LogP contribution in [0.1, 0.15) is 53.7 Å². The highest BCUT2D eigenvalue weighted by Crippen LogP contribution is 2.39. The van der Waals surface area contributed by atoms with Gasteiger partial charge in [-0.25, -0.2) is 9.97 Å². The van der Waals surface area contributed by atoms with Gasteiger partial charge < -0.3 is 20.4 Å². The van der Waals surface area contributed by atoms with Crippen molar-refractivity contribution >= 4 is 40.8 Å². The maximum atomic E-state index is 13.3. The van der Waals surface area contributed by atoms with Gasteiger partial charge >= 0.3 is 0 Å². The molecule has 0 saturated carbocycles. The smallest absolute Gasteiger partial charge is 0.272 e. The number of likely N-dealkylation sites (tertiary alicyclic amines) is 2. The summed E-state index contributed by atoms with van der Waals surface area (Å²) < 4.78 is 0. The van der Waals surface area contributed by atoms with Crippen molar-refractivity contribution in [3.05, 3.63) is 51.4 Å². The van der Waals surface area contributed by atoms with Crippen LogP contribution in [0.25, 0.3) is 0 Å². The molecule has 0 atom stereocenters. The predicted molar refractivity (Wildman–Crippen MR) is 140 cm³/mol. The van der Waals surface area contributed by atoms with Crippen LogP contribution in [-0.4, -0.2) is 70.3 Å². The summed E-state index contributed by atoms with van der Waals surface area (Å²) in [6.07, 6.45) is 6.17. The Morgan fingerprint density at radius 1 is 1.11 bits per heavy atom. The molecule has 36 heavy (non-hydrogen) atoms. The molecule has 0 unspecified atom stereocenters. The molecule has 3 fully saturated rings. The minimum absolute atomic E-state index is 0.0499. The Hall–Kier alpha value is -2.42. The third-order valence-corrected chi connectivity index (χ3v) is 8.86. The number of anilines is 1. The molecule has 0 bridgehead atoms. The lowest BCUT2D eigenvalue weighted by Gasteiger charge is -2.44. The van der Waals surface area contributed by atoms with E-state index in [4.69, 9.17) is 23.2 Å². The lowest BCUT2D eigenvalue weighted by molar-refractivity contribution is -0.130. The number of halogens is 2. The summed E-state index contributed by atoms with van der Waals surface area (Å²) in [5.41, 5.74) is 2.01. The Morgan fingerprint density at radius 2 is 1.86 bits per heavy atom. The van der Waals surface area contributed by atoms with Gasteiger partial charge in [0.1, 0.15) is 17.8 Å². The van der Waals surface area contributed by atoms with Gasteiger partial charge in [-0.3, -0.25) is 9.59 Å². The number of amides is 2. The van der Waals surface area contributed by atoms with Crippen molar-refractivity contribution in [1.82, 2.24) is 25.1 Å². The summed E-state index contributed by atoms with van der Waals surface area (Å²) in [5.74, 6) is 0.826. The molecule has 2 N–H and O–H groups in total. The van der Waals surface area contributed by atoms with E-state index < -0.39 is 0 Å². The van der Waals surface area contributed by atoms with Crippen molar-refractivity contribution in [3.8, 4) is 0 Å². The van der Waals surface area contributed by atoms with Crippen LogP contribution in [0.3, 0.4) is 0 Å². The summed E-state index contributed by atoms with van der Waals surface area (Å²) in [6.45, 7) is 6.54. The first kappa shape index (κ1) is 25.2. The molecule has 3 aliphatic rings. The van der Waals surface area contributed by atoms with Crippen LogP contribution in [-0.2, 0) is 11.3 Å². The second-order valence-corrected chi connectivity index (χ2v) is 11.0. The van der Waals surface area contributed by atoms with Gasteiger partial charge in [-0.1, -0.05) is 29.3 Å². The number of hydrogen-bond donors (Lipinski definition) is 2. The third kappa shape index (κ3) is 5.04. The zero-order valence-corrected chi connectivity index (χ0v) is 22.0. The van der Waals surface area contributed by atoms with Crippen molar-refractivity contribution in [2.24, 2.45) is 5.41 Å². The molecule has 2 aromatic rings. The number of nitrogens with one attached hydrogen (secondary N) is 2. The van der Waals surface area contributed by atoms with Crippen LogP contribution in [0.5, 0.6) is 0 Å². The van der Waals surface area contributed by atoms with Crippen molar-refractivity contribution in [2.75, 3.05) is 38.0 Å². The first-order valence-corrected chi connectivity index (χ1v) is 13.4. The van der Waals surface area contributed by atoms with E-state index >= 15 is 0 Å². The number of piperidine rings is 2. The fraction of sp³-hybridized carbons (Fsp3) is 0.538. The molecule has 4 heterocycles. The topological polar surface area (TPSA) is 90.5 Å². The highest BCUT2D eigenvalue weighted by atomic mass is 35.5. The number of benzene rings is 1. The summed E-state index contributed by atoms with van der Waals surface area (Å²) in [6, 6.07) is 5.94. The first-order chi connectivity index (χ1) is 17.4. The van der Waals surface area contributed by atoms with E-state index in [1.807, 2.05) is 24.0 Å². The molecule has 3 saturated heterocycles. The second kappa shape index (κ2) is 10.5. The lowest BCUT2D eigenvalue weighted by atomic mass is 9.76. The molecule has 1 aromatic heterocycles. The number of carbonyl (C=O) groups excluding carboxylic acids is 2. The average Bonchev–Trinajstić information content (AvgIpc) is 3.24. The standard InChI is InChI=1S/C26H32Cl2N6O2/c1-17-22(31-16-32-23(17)30-15-18-2-3-20(27)21(28)14-18)24(35)34-10-4-19(5-11-34)33-12-7-26(8-13-33)6-9-29-25(26)36/h2-3,14,16,19H,4-13,15H2,1H3,(H,29,36)(H,30,31,32). The minimum Gasteiger partial charge on any atom is -0.366 e. The summed E-state index contributed by atoms with van der Waals surface area (Å²) in [5, 5.41) is 7.32. The van der Waals surface area contributed by atoms with E-state index in [1.165, 1.54) is 6.33 Å². The average molecular weight is 531 g/mol. The zero-order valence-electron chi connectivity index (χ0n) is 20.5. The molecule has 10 heteroatoms.